The van der Waals surface area contributed by atoms with E-state index in [1.54, 1.807) is 4.90 Å². The van der Waals surface area contributed by atoms with E-state index in [0.717, 1.165) is 0 Å². The molecule has 1 amide bonds. The summed E-state index contributed by atoms with van der Waals surface area (Å²) in [6.07, 6.45) is 1.10. The van der Waals surface area contributed by atoms with Gasteiger partial charge in [0.05, 0.1) is 18.4 Å². The zero-order valence-corrected chi connectivity index (χ0v) is 10.8. The molecule has 1 heterocycles. The SMILES string of the molecule is CCOC(CN)CC(=O)N1CCC(C(=O)O)CC1. The van der Waals surface area contributed by atoms with Crippen molar-refractivity contribution in [3.05, 3.63) is 0 Å². The van der Waals surface area contributed by atoms with Crippen LogP contribution in [0.3, 0.4) is 0 Å². The van der Waals surface area contributed by atoms with Gasteiger partial charge in [-0.2, -0.15) is 0 Å². The standard InChI is InChI=1S/C12H22N2O4/c1-2-18-10(8-13)7-11(15)14-5-3-9(4-6-14)12(16)17/h9-10H,2-8,13H2,1H3,(H,16,17). The number of hydrogen-bond donors (Lipinski definition) is 2. The maximum absolute atomic E-state index is 12.0. The molecule has 0 spiro atoms. The van der Waals surface area contributed by atoms with Crippen molar-refractivity contribution in [2.24, 2.45) is 11.7 Å². The number of carbonyl (C=O) groups is 2. The van der Waals surface area contributed by atoms with Crippen molar-refractivity contribution >= 4 is 11.9 Å². The summed E-state index contributed by atoms with van der Waals surface area (Å²) >= 11 is 0. The van der Waals surface area contributed by atoms with E-state index >= 15 is 0 Å². The Morgan fingerprint density at radius 3 is 2.50 bits per heavy atom. The number of ether oxygens (including phenoxy) is 1. The van der Waals surface area contributed by atoms with Gasteiger partial charge >= 0.3 is 5.97 Å². The van der Waals surface area contributed by atoms with Gasteiger partial charge in [0, 0.05) is 26.2 Å². The lowest BCUT2D eigenvalue weighted by molar-refractivity contribution is -0.146. The molecule has 0 aromatic carbocycles. The van der Waals surface area contributed by atoms with Crippen molar-refractivity contribution in [3.63, 3.8) is 0 Å². The topological polar surface area (TPSA) is 92.9 Å². The lowest BCUT2D eigenvalue weighted by Gasteiger charge is -2.31. The number of carboxylic acids is 1. The summed E-state index contributed by atoms with van der Waals surface area (Å²) in [7, 11) is 0. The Balaban J connectivity index is 2.37. The number of aliphatic carboxylic acids is 1. The van der Waals surface area contributed by atoms with E-state index in [9.17, 15) is 9.59 Å². The summed E-state index contributed by atoms with van der Waals surface area (Å²) in [5.41, 5.74) is 5.53. The molecule has 1 fully saturated rings. The second kappa shape index (κ2) is 7.33. The number of amides is 1. The van der Waals surface area contributed by atoms with Crippen LogP contribution in [0.15, 0.2) is 0 Å². The molecule has 0 aliphatic carbocycles. The van der Waals surface area contributed by atoms with Gasteiger partial charge in [-0.15, -0.1) is 0 Å². The van der Waals surface area contributed by atoms with Gasteiger partial charge in [-0.05, 0) is 19.8 Å². The number of likely N-dealkylation sites (tertiary alicyclic amines) is 1. The highest BCUT2D eigenvalue weighted by molar-refractivity contribution is 5.77. The van der Waals surface area contributed by atoms with Crippen LogP contribution in [0.1, 0.15) is 26.2 Å². The third kappa shape index (κ3) is 4.27. The summed E-state index contributed by atoms with van der Waals surface area (Å²) in [5.74, 6) is -1.08. The number of carboxylic acid groups (broad SMARTS) is 1. The molecule has 1 saturated heterocycles. The van der Waals surface area contributed by atoms with E-state index < -0.39 is 5.97 Å². The Morgan fingerprint density at radius 2 is 2.06 bits per heavy atom. The van der Waals surface area contributed by atoms with E-state index in [0.29, 0.717) is 39.1 Å². The minimum atomic E-state index is -0.767. The van der Waals surface area contributed by atoms with Crippen LogP contribution >= 0.6 is 0 Å². The first-order valence-electron chi connectivity index (χ1n) is 6.40. The number of hydrogen-bond acceptors (Lipinski definition) is 4. The molecule has 6 nitrogen and oxygen atoms in total. The monoisotopic (exact) mass is 258 g/mol. The van der Waals surface area contributed by atoms with E-state index in [1.165, 1.54) is 0 Å². The fraction of sp³-hybridized carbons (Fsp3) is 0.833. The normalized spacial score (nSPS) is 18.7. The molecule has 104 valence electrons. The van der Waals surface area contributed by atoms with Gasteiger partial charge in [-0.25, -0.2) is 0 Å². The number of piperidine rings is 1. The molecule has 0 bridgehead atoms. The fourth-order valence-corrected chi connectivity index (χ4v) is 2.15. The molecule has 6 heteroatoms. The molecule has 1 aliphatic heterocycles. The summed E-state index contributed by atoms with van der Waals surface area (Å²) in [4.78, 5) is 24.5. The average molecular weight is 258 g/mol. The molecule has 18 heavy (non-hydrogen) atoms. The minimum absolute atomic E-state index is 0.00254. The average Bonchev–Trinajstić information content (AvgIpc) is 2.38. The van der Waals surface area contributed by atoms with Crippen molar-refractivity contribution in [2.45, 2.75) is 32.3 Å². The van der Waals surface area contributed by atoms with E-state index in [2.05, 4.69) is 0 Å². The number of nitrogens with two attached hydrogens (primary N) is 1. The Labute approximate surface area is 107 Å². The van der Waals surface area contributed by atoms with Gasteiger partial charge < -0.3 is 20.5 Å². The predicted molar refractivity (Wildman–Crippen MR) is 66.0 cm³/mol. The highest BCUT2D eigenvalue weighted by atomic mass is 16.5. The maximum Gasteiger partial charge on any atom is 0.306 e. The van der Waals surface area contributed by atoms with Gasteiger partial charge in [0.25, 0.3) is 0 Å². The van der Waals surface area contributed by atoms with Gasteiger partial charge in [0.2, 0.25) is 5.91 Å². The summed E-state index contributed by atoms with van der Waals surface area (Å²) < 4.78 is 5.35. The fourth-order valence-electron chi connectivity index (χ4n) is 2.15. The van der Waals surface area contributed by atoms with E-state index in [4.69, 9.17) is 15.6 Å². The first-order valence-corrected chi connectivity index (χ1v) is 6.40. The first kappa shape index (κ1) is 14.9. The summed E-state index contributed by atoms with van der Waals surface area (Å²) in [6.45, 7) is 3.76. The maximum atomic E-state index is 12.0. The molecule has 3 N–H and O–H groups in total. The molecule has 0 aromatic rings. The second-order valence-electron chi connectivity index (χ2n) is 4.51. The van der Waals surface area contributed by atoms with Crippen LogP contribution in [0.4, 0.5) is 0 Å². The molecular weight excluding hydrogens is 236 g/mol. The molecule has 0 radical (unpaired) electrons. The van der Waals surface area contributed by atoms with Crippen LogP contribution in [-0.2, 0) is 14.3 Å². The van der Waals surface area contributed by atoms with Crippen LogP contribution < -0.4 is 5.73 Å². The van der Waals surface area contributed by atoms with Gasteiger partial charge in [0.1, 0.15) is 0 Å². The second-order valence-corrected chi connectivity index (χ2v) is 4.51. The molecule has 1 rings (SSSR count). The molecule has 0 saturated carbocycles. The molecule has 1 atom stereocenters. The summed E-state index contributed by atoms with van der Waals surface area (Å²) in [6, 6.07) is 0. The summed E-state index contributed by atoms with van der Waals surface area (Å²) in [5, 5.41) is 8.88. The molecular formula is C12H22N2O4. The van der Waals surface area contributed by atoms with Gasteiger partial charge in [0.15, 0.2) is 0 Å². The van der Waals surface area contributed by atoms with Gasteiger partial charge in [-0.1, -0.05) is 0 Å². The third-order valence-corrected chi connectivity index (χ3v) is 3.26. The highest BCUT2D eigenvalue weighted by Crippen LogP contribution is 2.18. The molecule has 1 aliphatic rings. The predicted octanol–water partition coefficient (Wildman–Crippen LogP) is 0.0635. The van der Waals surface area contributed by atoms with E-state index in [1.807, 2.05) is 6.92 Å². The van der Waals surface area contributed by atoms with Crippen LogP contribution in [-0.4, -0.2) is 54.2 Å². The highest BCUT2D eigenvalue weighted by Gasteiger charge is 2.27. The zero-order valence-electron chi connectivity index (χ0n) is 10.8. The Hall–Kier alpha value is -1.14. The van der Waals surface area contributed by atoms with Gasteiger partial charge in [-0.3, -0.25) is 9.59 Å². The largest absolute Gasteiger partial charge is 0.481 e. The lowest BCUT2D eigenvalue weighted by Crippen LogP contribution is -2.42. The van der Waals surface area contributed by atoms with Crippen molar-refractivity contribution in [3.8, 4) is 0 Å². The van der Waals surface area contributed by atoms with E-state index in [-0.39, 0.29) is 24.3 Å². The van der Waals surface area contributed by atoms with Crippen LogP contribution in [0.25, 0.3) is 0 Å². The minimum Gasteiger partial charge on any atom is -0.481 e. The quantitative estimate of drug-likeness (QED) is 0.703. The Kier molecular flexibility index (Phi) is 6.07. The van der Waals surface area contributed by atoms with Crippen molar-refractivity contribution in [2.75, 3.05) is 26.2 Å². The lowest BCUT2D eigenvalue weighted by atomic mass is 9.97. The Bertz CT molecular complexity index is 288. The van der Waals surface area contributed by atoms with Crippen LogP contribution in [0, 0.1) is 5.92 Å². The zero-order chi connectivity index (χ0) is 13.5. The van der Waals surface area contributed by atoms with Crippen LogP contribution in [0.2, 0.25) is 0 Å². The number of nitrogens with zero attached hydrogens (tertiary/aromatic N) is 1. The molecule has 1 unspecified atom stereocenters. The van der Waals surface area contributed by atoms with Crippen molar-refractivity contribution in [1.82, 2.24) is 4.90 Å². The Morgan fingerprint density at radius 1 is 1.44 bits per heavy atom. The third-order valence-electron chi connectivity index (χ3n) is 3.26. The van der Waals surface area contributed by atoms with Crippen LogP contribution in [0.5, 0.6) is 0 Å². The number of carbonyl (C=O) groups excluding carboxylic acids is 1. The van der Waals surface area contributed by atoms with Crippen molar-refractivity contribution in [1.29, 1.82) is 0 Å². The number of rotatable bonds is 6. The first-order chi connectivity index (χ1) is 8.58. The van der Waals surface area contributed by atoms with Crippen molar-refractivity contribution < 1.29 is 19.4 Å². The molecule has 0 aromatic heterocycles. The smallest absolute Gasteiger partial charge is 0.306 e.